The number of carboxylic acids is 1. The second-order valence-corrected chi connectivity index (χ2v) is 9.79. The predicted octanol–water partition coefficient (Wildman–Crippen LogP) is -0.497. The number of fused-ring (bicyclic) bond motifs is 1. The van der Waals surface area contributed by atoms with E-state index in [2.05, 4.69) is 0 Å². The Hall–Kier alpha value is -0.670. The zero-order valence-corrected chi connectivity index (χ0v) is 12.2. The topological polar surface area (TPSA) is 109 Å². The van der Waals surface area contributed by atoms with Gasteiger partial charge < -0.3 is 5.11 Å². The van der Waals surface area contributed by atoms with Gasteiger partial charge in [0.2, 0.25) is 10.0 Å². The van der Waals surface area contributed by atoms with Gasteiger partial charge in [0.05, 0.1) is 0 Å². The van der Waals surface area contributed by atoms with Crippen molar-refractivity contribution in [3.63, 3.8) is 0 Å². The predicted molar refractivity (Wildman–Crippen MR) is 67.6 cm³/mol. The summed E-state index contributed by atoms with van der Waals surface area (Å²) >= 11 is 0. The second kappa shape index (κ2) is 4.71. The summed E-state index contributed by atoms with van der Waals surface area (Å²) in [5.74, 6) is -1.34. The van der Waals surface area contributed by atoms with Gasteiger partial charge in [-0.25, -0.2) is 16.8 Å². The Bertz CT molecular complexity index is 581. The van der Waals surface area contributed by atoms with Crippen LogP contribution in [0.3, 0.4) is 0 Å². The summed E-state index contributed by atoms with van der Waals surface area (Å²) in [4.78, 5) is 11.3. The Morgan fingerprint density at radius 2 is 1.89 bits per heavy atom. The van der Waals surface area contributed by atoms with Crippen LogP contribution in [-0.4, -0.2) is 56.1 Å². The monoisotopic (exact) mass is 311 g/mol. The maximum atomic E-state index is 12.1. The third-order valence-electron chi connectivity index (χ3n) is 3.82. The number of hydrogen-bond acceptors (Lipinski definition) is 5. The second-order valence-electron chi connectivity index (χ2n) is 5.36. The molecule has 0 aromatic rings. The number of carbonyl (C=O) groups is 1. The van der Waals surface area contributed by atoms with Crippen molar-refractivity contribution in [1.29, 1.82) is 0 Å². The molecule has 2 aliphatic rings. The molecule has 1 saturated carbocycles. The molecule has 2 rings (SSSR count). The van der Waals surface area contributed by atoms with Crippen molar-refractivity contribution >= 4 is 25.8 Å². The number of aliphatic carboxylic acids is 1. The number of rotatable bonds is 4. The molecular weight excluding hydrogens is 294 g/mol. The number of sulfonamides is 1. The largest absolute Gasteiger partial charge is 0.480 e. The van der Waals surface area contributed by atoms with E-state index < -0.39 is 37.0 Å². The minimum atomic E-state index is -4.09. The maximum Gasteiger partial charge on any atom is 0.322 e. The van der Waals surface area contributed by atoms with Crippen LogP contribution in [0.1, 0.15) is 19.3 Å². The number of nitrogens with zero attached hydrogens (tertiary/aromatic N) is 1. The highest BCUT2D eigenvalue weighted by Gasteiger charge is 2.52. The Balaban J connectivity index is 2.31. The Kier molecular flexibility index (Phi) is 3.65. The van der Waals surface area contributed by atoms with Gasteiger partial charge in [-0.05, 0) is 24.7 Å². The lowest BCUT2D eigenvalue weighted by Gasteiger charge is -2.23. The first kappa shape index (κ1) is 14.7. The average Bonchev–Trinajstić information content (AvgIpc) is 2.69. The van der Waals surface area contributed by atoms with Gasteiger partial charge in [-0.15, -0.1) is 0 Å². The zero-order chi connectivity index (χ0) is 14.4. The van der Waals surface area contributed by atoms with Crippen molar-refractivity contribution in [2.45, 2.75) is 25.3 Å². The average molecular weight is 311 g/mol. The van der Waals surface area contributed by atoms with Crippen LogP contribution < -0.4 is 0 Å². The molecule has 110 valence electrons. The van der Waals surface area contributed by atoms with E-state index >= 15 is 0 Å². The SMILES string of the molecule is CS(=O)(=O)CS(=O)(=O)N1CC2CCCC2C1C(=O)O. The van der Waals surface area contributed by atoms with Crippen LogP contribution in [0.2, 0.25) is 0 Å². The van der Waals surface area contributed by atoms with E-state index in [1.807, 2.05) is 0 Å². The summed E-state index contributed by atoms with van der Waals surface area (Å²) in [6.07, 6.45) is 3.22. The lowest BCUT2D eigenvalue weighted by atomic mass is 9.94. The molecule has 1 N–H and O–H groups in total. The van der Waals surface area contributed by atoms with Gasteiger partial charge in [-0.1, -0.05) is 6.42 Å². The molecule has 0 radical (unpaired) electrons. The molecule has 1 heterocycles. The van der Waals surface area contributed by atoms with Crippen LogP contribution in [0.5, 0.6) is 0 Å². The molecule has 3 atom stereocenters. The highest BCUT2D eigenvalue weighted by Crippen LogP contribution is 2.43. The van der Waals surface area contributed by atoms with E-state index in [1.54, 1.807) is 0 Å². The summed E-state index contributed by atoms with van der Waals surface area (Å²) < 4.78 is 47.4. The van der Waals surface area contributed by atoms with Crippen LogP contribution in [0.4, 0.5) is 0 Å². The first-order valence-corrected chi connectivity index (χ1v) is 9.69. The van der Waals surface area contributed by atoms with E-state index in [0.717, 1.165) is 23.4 Å². The van der Waals surface area contributed by atoms with Gasteiger partial charge in [0, 0.05) is 12.8 Å². The fourth-order valence-electron chi connectivity index (χ4n) is 3.20. The van der Waals surface area contributed by atoms with Gasteiger partial charge in [0.15, 0.2) is 14.9 Å². The lowest BCUT2D eigenvalue weighted by molar-refractivity contribution is -0.142. The van der Waals surface area contributed by atoms with Crippen molar-refractivity contribution in [2.24, 2.45) is 11.8 Å². The fraction of sp³-hybridized carbons (Fsp3) is 0.900. The molecule has 0 aromatic carbocycles. The van der Waals surface area contributed by atoms with E-state index in [0.29, 0.717) is 6.42 Å². The Labute approximate surface area is 112 Å². The third kappa shape index (κ3) is 2.92. The van der Waals surface area contributed by atoms with Gasteiger partial charge in [0.1, 0.15) is 6.04 Å². The minimum absolute atomic E-state index is 0.0374. The van der Waals surface area contributed by atoms with Crippen LogP contribution in [0.15, 0.2) is 0 Å². The number of sulfone groups is 1. The molecule has 7 nitrogen and oxygen atoms in total. The molecule has 1 saturated heterocycles. The molecule has 19 heavy (non-hydrogen) atoms. The molecule has 1 aliphatic carbocycles. The fourth-order valence-corrected chi connectivity index (χ4v) is 6.91. The highest BCUT2D eigenvalue weighted by molar-refractivity contribution is 8.06. The summed E-state index contributed by atoms with van der Waals surface area (Å²) in [5.41, 5.74) is 0. The molecule has 0 aromatic heterocycles. The summed E-state index contributed by atoms with van der Waals surface area (Å²) in [6.45, 7) is 0.124. The van der Waals surface area contributed by atoms with E-state index in [4.69, 9.17) is 0 Å². The lowest BCUT2D eigenvalue weighted by Crippen LogP contribution is -2.45. The van der Waals surface area contributed by atoms with Crippen LogP contribution in [0.25, 0.3) is 0 Å². The molecule has 1 aliphatic heterocycles. The molecular formula is C10H17NO6S2. The van der Waals surface area contributed by atoms with E-state index in [-0.39, 0.29) is 18.4 Å². The van der Waals surface area contributed by atoms with Gasteiger partial charge >= 0.3 is 5.97 Å². The summed E-state index contributed by atoms with van der Waals surface area (Å²) in [5, 5.41) is 8.21. The van der Waals surface area contributed by atoms with E-state index in [9.17, 15) is 26.7 Å². The molecule has 2 fully saturated rings. The molecule has 0 spiro atoms. The van der Waals surface area contributed by atoms with Crippen molar-refractivity contribution in [1.82, 2.24) is 4.31 Å². The van der Waals surface area contributed by atoms with Gasteiger partial charge in [0.25, 0.3) is 0 Å². The van der Waals surface area contributed by atoms with E-state index in [1.165, 1.54) is 0 Å². The van der Waals surface area contributed by atoms with Crippen molar-refractivity contribution < 1.29 is 26.7 Å². The van der Waals surface area contributed by atoms with Crippen molar-refractivity contribution in [2.75, 3.05) is 17.9 Å². The summed E-state index contributed by atoms with van der Waals surface area (Å²) in [6, 6.07) is -1.11. The van der Waals surface area contributed by atoms with Gasteiger partial charge in [-0.3, -0.25) is 4.79 Å². The summed E-state index contributed by atoms with van der Waals surface area (Å²) in [7, 11) is -7.80. The third-order valence-corrected chi connectivity index (χ3v) is 7.82. The zero-order valence-electron chi connectivity index (χ0n) is 10.5. The van der Waals surface area contributed by atoms with Crippen LogP contribution >= 0.6 is 0 Å². The molecule has 9 heteroatoms. The minimum Gasteiger partial charge on any atom is -0.480 e. The number of hydrogen-bond donors (Lipinski definition) is 1. The van der Waals surface area contributed by atoms with Crippen LogP contribution in [-0.2, 0) is 24.7 Å². The van der Waals surface area contributed by atoms with Crippen molar-refractivity contribution in [3.8, 4) is 0 Å². The quantitative estimate of drug-likeness (QED) is 0.750. The first-order chi connectivity index (χ1) is 8.62. The highest BCUT2D eigenvalue weighted by atomic mass is 32.3. The van der Waals surface area contributed by atoms with Crippen LogP contribution in [0, 0.1) is 11.8 Å². The molecule has 3 unspecified atom stereocenters. The van der Waals surface area contributed by atoms with Crippen molar-refractivity contribution in [3.05, 3.63) is 0 Å². The Morgan fingerprint density at radius 3 is 2.42 bits per heavy atom. The normalized spacial score (nSPS) is 32.4. The smallest absolute Gasteiger partial charge is 0.322 e. The van der Waals surface area contributed by atoms with Gasteiger partial charge in [-0.2, -0.15) is 4.31 Å². The molecule has 0 bridgehead atoms. The maximum absolute atomic E-state index is 12.1. The Morgan fingerprint density at radius 1 is 1.26 bits per heavy atom. The first-order valence-electron chi connectivity index (χ1n) is 6.02. The number of carboxylic acid groups (broad SMARTS) is 1. The standard InChI is InChI=1S/C10H17NO6S2/c1-18(14,15)6-19(16,17)11-5-7-3-2-4-8(7)9(11)10(12)13/h7-9H,2-6H2,1H3,(H,12,13). The molecule has 0 amide bonds.